The third kappa shape index (κ3) is 5.76. The Morgan fingerprint density at radius 3 is 2.41 bits per heavy atom. The second-order valence-electron chi connectivity index (χ2n) is 4.96. The highest BCUT2D eigenvalue weighted by Crippen LogP contribution is 2.23. The maximum absolute atomic E-state index is 5.99. The zero-order chi connectivity index (χ0) is 12.8. The number of hydrogen-bond donors (Lipinski definition) is 1. The Balaban J connectivity index is 2.36. The Hall–Kier alpha value is -0.240. The molecule has 0 amide bonds. The van der Waals surface area contributed by atoms with Gasteiger partial charge in [-0.25, -0.2) is 0 Å². The SMILES string of the molecule is CC(CCc1ccc(Cl)c(Cl)c1)CNC(C)C. The quantitative estimate of drug-likeness (QED) is 0.801. The van der Waals surface area contributed by atoms with Crippen LogP contribution >= 0.6 is 23.2 Å². The number of halogens is 2. The van der Waals surface area contributed by atoms with Crippen LogP contribution in [0.5, 0.6) is 0 Å². The first-order chi connectivity index (χ1) is 7.99. The van der Waals surface area contributed by atoms with Crippen LogP contribution in [0.15, 0.2) is 18.2 Å². The molecule has 96 valence electrons. The summed E-state index contributed by atoms with van der Waals surface area (Å²) in [5, 5.41) is 4.73. The van der Waals surface area contributed by atoms with E-state index in [0.717, 1.165) is 19.4 Å². The van der Waals surface area contributed by atoms with E-state index in [1.165, 1.54) is 5.56 Å². The highest BCUT2D eigenvalue weighted by molar-refractivity contribution is 6.42. The summed E-state index contributed by atoms with van der Waals surface area (Å²) in [6, 6.07) is 6.45. The summed E-state index contributed by atoms with van der Waals surface area (Å²) in [6.07, 6.45) is 2.22. The van der Waals surface area contributed by atoms with Crippen LogP contribution in [-0.2, 0) is 6.42 Å². The van der Waals surface area contributed by atoms with Crippen LogP contribution in [0, 0.1) is 5.92 Å². The van der Waals surface area contributed by atoms with Gasteiger partial charge in [-0.3, -0.25) is 0 Å². The Bertz CT molecular complexity index is 350. The van der Waals surface area contributed by atoms with Crippen molar-refractivity contribution in [1.82, 2.24) is 5.32 Å². The average molecular weight is 274 g/mol. The topological polar surface area (TPSA) is 12.0 Å². The van der Waals surface area contributed by atoms with Crippen molar-refractivity contribution in [3.05, 3.63) is 33.8 Å². The van der Waals surface area contributed by atoms with Crippen LogP contribution in [0.25, 0.3) is 0 Å². The van der Waals surface area contributed by atoms with Gasteiger partial charge in [0.15, 0.2) is 0 Å². The molecule has 17 heavy (non-hydrogen) atoms. The first kappa shape index (κ1) is 14.8. The summed E-state index contributed by atoms with van der Waals surface area (Å²) in [5.41, 5.74) is 1.26. The monoisotopic (exact) mass is 273 g/mol. The maximum Gasteiger partial charge on any atom is 0.0595 e. The molecule has 1 nitrogen and oxygen atoms in total. The summed E-state index contributed by atoms with van der Waals surface area (Å²) < 4.78 is 0. The summed E-state index contributed by atoms with van der Waals surface area (Å²) in [6.45, 7) is 7.68. The van der Waals surface area contributed by atoms with E-state index in [4.69, 9.17) is 23.2 Å². The van der Waals surface area contributed by atoms with Crippen molar-refractivity contribution in [3.8, 4) is 0 Å². The van der Waals surface area contributed by atoms with Crippen molar-refractivity contribution in [2.75, 3.05) is 6.54 Å². The largest absolute Gasteiger partial charge is 0.314 e. The van der Waals surface area contributed by atoms with E-state index in [9.17, 15) is 0 Å². The second kappa shape index (κ2) is 7.25. The molecule has 0 fully saturated rings. The molecule has 0 saturated heterocycles. The van der Waals surface area contributed by atoms with Gasteiger partial charge in [-0.05, 0) is 43.0 Å². The molecular formula is C14H21Cl2N. The third-order valence-electron chi connectivity index (χ3n) is 2.78. The Labute approximate surface area is 115 Å². The van der Waals surface area contributed by atoms with Crippen LogP contribution in [0.2, 0.25) is 10.0 Å². The van der Waals surface area contributed by atoms with Crippen LogP contribution in [0.1, 0.15) is 32.8 Å². The first-order valence-electron chi connectivity index (χ1n) is 6.16. The van der Waals surface area contributed by atoms with E-state index in [2.05, 4.69) is 32.2 Å². The molecule has 0 bridgehead atoms. The fourth-order valence-electron chi connectivity index (χ4n) is 1.65. The molecule has 3 heteroatoms. The fourth-order valence-corrected chi connectivity index (χ4v) is 1.97. The fraction of sp³-hybridized carbons (Fsp3) is 0.571. The predicted molar refractivity (Wildman–Crippen MR) is 77.1 cm³/mol. The molecule has 1 atom stereocenters. The molecule has 1 unspecified atom stereocenters. The van der Waals surface area contributed by atoms with E-state index in [-0.39, 0.29) is 0 Å². The summed E-state index contributed by atoms with van der Waals surface area (Å²) in [4.78, 5) is 0. The molecule has 1 rings (SSSR count). The summed E-state index contributed by atoms with van der Waals surface area (Å²) in [7, 11) is 0. The first-order valence-corrected chi connectivity index (χ1v) is 6.92. The summed E-state index contributed by atoms with van der Waals surface area (Å²) in [5.74, 6) is 0.673. The van der Waals surface area contributed by atoms with Gasteiger partial charge < -0.3 is 5.32 Å². The molecule has 0 spiro atoms. The highest BCUT2D eigenvalue weighted by Gasteiger charge is 2.05. The molecule has 0 saturated carbocycles. The van der Waals surface area contributed by atoms with Crippen molar-refractivity contribution in [2.45, 2.75) is 39.7 Å². The number of aryl methyl sites for hydroxylation is 1. The van der Waals surface area contributed by atoms with Gasteiger partial charge in [0, 0.05) is 6.04 Å². The number of benzene rings is 1. The van der Waals surface area contributed by atoms with Crippen molar-refractivity contribution >= 4 is 23.2 Å². The highest BCUT2D eigenvalue weighted by atomic mass is 35.5. The molecular weight excluding hydrogens is 253 g/mol. The Morgan fingerprint density at radius 1 is 1.12 bits per heavy atom. The smallest absolute Gasteiger partial charge is 0.0595 e. The average Bonchev–Trinajstić information content (AvgIpc) is 2.28. The molecule has 0 aromatic heterocycles. The zero-order valence-corrected chi connectivity index (χ0v) is 12.3. The Kier molecular flexibility index (Phi) is 6.32. The van der Waals surface area contributed by atoms with E-state index in [0.29, 0.717) is 22.0 Å². The van der Waals surface area contributed by atoms with Gasteiger partial charge in [0.1, 0.15) is 0 Å². The molecule has 1 aromatic carbocycles. The molecule has 0 radical (unpaired) electrons. The van der Waals surface area contributed by atoms with Gasteiger partial charge >= 0.3 is 0 Å². The van der Waals surface area contributed by atoms with Crippen molar-refractivity contribution in [1.29, 1.82) is 0 Å². The maximum atomic E-state index is 5.99. The van der Waals surface area contributed by atoms with E-state index in [1.54, 1.807) is 0 Å². The predicted octanol–water partition coefficient (Wildman–Crippen LogP) is 4.56. The van der Waals surface area contributed by atoms with Crippen LogP contribution in [0.4, 0.5) is 0 Å². The van der Waals surface area contributed by atoms with Crippen LogP contribution in [0.3, 0.4) is 0 Å². The molecule has 0 heterocycles. The van der Waals surface area contributed by atoms with Gasteiger partial charge in [0.05, 0.1) is 10.0 Å². The van der Waals surface area contributed by atoms with Gasteiger partial charge in [-0.1, -0.05) is 50.0 Å². The van der Waals surface area contributed by atoms with E-state index < -0.39 is 0 Å². The van der Waals surface area contributed by atoms with Crippen molar-refractivity contribution in [2.24, 2.45) is 5.92 Å². The molecule has 1 N–H and O–H groups in total. The Morgan fingerprint density at radius 2 is 1.82 bits per heavy atom. The lowest BCUT2D eigenvalue weighted by molar-refractivity contribution is 0.454. The third-order valence-corrected chi connectivity index (χ3v) is 3.52. The van der Waals surface area contributed by atoms with Crippen LogP contribution in [-0.4, -0.2) is 12.6 Å². The number of hydrogen-bond acceptors (Lipinski definition) is 1. The lowest BCUT2D eigenvalue weighted by Crippen LogP contribution is -2.28. The molecule has 1 aromatic rings. The minimum absolute atomic E-state index is 0.558. The minimum Gasteiger partial charge on any atom is -0.314 e. The van der Waals surface area contributed by atoms with Gasteiger partial charge in [0.2, 0.25) is 0 Å². The second-order valence-corrected chi connectivity index (χ2v) is 5.77. The van der Waals surface area contributed by atoms with Crippen LogP contribution < -0.4 is 5.32 Å². The molecule has 0 aliphatic rings. The summed E-state index contributed by atoms with van der Waals surface area (Å²) >= 11 is 11.9. The van der Waals surface area contributed by atoms with Gasteiger partial charge in [-0.2, -0.15) is 0 Å². The minimum atomic E-state index is 0.558. The lowest BCUT2D eigenvalue weighted by atomic mass is 10.0. The van der Waals surface area contributed by atoms with Gasteiger partial charge in [-0.15, -0.1) is 0 Å². The lowest BCUT2D eigenvalue weighted by Gasteiger charge is -2.14. The van der Waals surface area contributed by atoms with Crippen molar-refractivity contribution in [3.63, 3.8) is 0 Å². The molecule has 0 aliphatic heterocycles. The molecule has 0 aliphatic carbocycles. The standard InChI is InChI=1S/C14H21Cl2N/c1-10(2)17-9-11(3)4-5-12-6-7-13(15)14(16)8-12/h6-8,10-11,17H,4-5,9H2,1-3H3. The normalized spacial score (nSPS) is 13.1. The van der Waals surface area contributed by atoms with Crippen molar-refractivity contribution < 1.29 is 0 Å². The van der Waals surface area contributed by atoms with Gasteiger partial charge in [0.25, 0.3) is 0 Å². The van der Waals surface area contributed by atoms with E-state index in [1.807, 2.05) is 12.1 Å². The number of rotatable bonds is 6. The number of nitrogens with one attached hydrogen (secondary N) is 1. The van der Waals surface area contributed by atoms with E-state index >= 15 is 0 Å². The zero-order valence-electron chi connectivity index (χ0n) is 10.8.